The third kappa shape index (κ3) is 1.94. The van der Waals surface area contributed by atoms with Crippen molar-refractivity contribution in [3.05, 3.63) is 35.4 Å². The zero-order chi connectivity index (χ0) is 16.1. The van der Waals surface area contributed by atoms with Crippen molar-refractivity contribution in [2.45, 2.75) is 51.4 Å². The SMILES string of the molecule is COC(=O)C12CC1CCC(C)(c1ccc(C(C)C)cc1)C2=O. The summed E-state index contributed by atoms with van der Waals surface area (Å²) in [5.41, 5.74) is 0.855. The molecule has 2 saturated carbocycles. The number of carbonyl (C=O) groups is 2. The van der Waals surface area contributed by atoms with Gasteiger partial charge in [-0.25, -0.2) is 0 Å². The lowest BCUT2D eigenvalue weighted by Gasteiger charge is -2.36. The minimum Gasteiger partial charge on any atom is -0.468 e. The molecule has 0 spiro atoms. The highest BCUT2D eigenvalue weighted by Crippen LogP contribution is 2.64. The normalized spacial score (nSPS) is 33.5. The fraction of sp³-hybridized carbons (Fsp3) is 0.579. The van der Waals surface area contributed by atoms with Gasteiger partial charge in [-0.15, -0.1) is 0 Å². The van der Waals surface area contributed by atoms with Gasteiger partial charge < -0.3 is 4.74 Å². The van der Waals surface area contributed by atoms with E-state index in [1.165, 1.54) is 12.7 Å². The Labute approximate surface area is 132 Å². The van der Waals surface area contributed by atoms with Crippen LogP contribution in [0.1, 0.15) is 57.1 Å². The van der Waals surface area contributed by atoms with Crippen molar-refractivity contribution in [3.8, 4) is 0 Å². The van der Waals surface area contributed by atoms with Crippen LogP contribution in [0.4, 0.5) is 0 Å². The lowest BCUT2D eigenvalue weighted by atomic mass is 9.65. The standard InChI is InChI=1S/C19H24O3/c1-12(2)13-5-7-14(8-6-13)18(3)10-9-15-11-19(15,16(18)20)17(21)22-4/h5-8,12,15H,9-11H2,1-4H3. The number of ketones is 1. The van der Waals surface area contributed by atoms with Crippen molar-refractivity contribution in [2.75, 3.05) is 7.11 Å². The molecular weight excluding hydrogens is 276 g/mol. The highest BCUT2D eigenvalue weighted by atomic mass is 16.5. The van der Waals surface area contributed by atoms with Crippen LogP contribution in [-0.4, -0.2) is 18.9 Å². The quantitative estimate of drug-likeness (QED) is 0.632. The number of hydrogen-bond donors (Lipinski definition) is 0. The number of ether oxygens (including phenoxy) is 1. The van der Waals surface area contributed by atoms with E-state index in [1.807, 2.05) is 6.92 Å². The molecule has 3 atom stereocenters. The molecule has 1 aromatic rings. The lowest BCUT2D eigenvalue weighted by Crippen LogP contribution is -2.46. The molecule has 0 heterocycles. The second-order valence-corrected chi connectivity index (χ2v) is 7.34. The van der Waals surface area contributed by atoms with E-state index in [-0.39, 0.29) is 17.7 Å². The van der Waals surface area contributed by atoms with Crippen LogP contribution in [0.3, 0.4) is 0 Å². The third-order valence-corrected chi connectivity index (χ3v) is 5.77. The van der Waals surface area contributed by atoms with Crippen LogP contribution in [0.5, 0.6) is 0 Å². The largest absolute Gasteiger partial charge is 0.468 e. The Morgan fingerprint density at radius 3 is 2.45 bits per heavy atom. The first-order valence-corrected chi connectivity index (χ1v) is 8.10. The molecule has 0 amide bonds. The summed E-state index contributed by atoms with van der Waals surface area (Å²) in [7, 11) is 1.38. The molecule has 0 aromatic heterocycles. The maximum Gasteiger partial charge on any atom is 0.319 e. The molecular formula is C19H24O3. The van der Waals surface area contributed by atoms with Gasteiger partial charge in [0.25, 0.3) is 0 Å². The van der Waals surface area contributed by atoms with Crippen molar-refractivity contribution in [1.82, 2.24) is 0 Å². The number of rotatable bonds is 3. The Balaban J connectivity index is 1.95. The van der Waals surface area contributed by atoms with E-state index < -0.39 is 10.8 Å². The minimum atomic E-state index is -0.863. The molecule has 3 nitrogen and oxygen atoms in total. The second kappa shape index (κ2) is 4.94. The first-order chi connectivity index (χ1) is 10.4. The summed E-state index contributed by atoms with van der Waals surface area (Å²) in [6.45, 7) is 6.30. The molecule has 0 aliphatic heterocycles. The summed E-state index contributed by atoms with van der Waals surface area (Å²) in [5, 5.41) is 0. The average Bonchev–Trinajstić information content (AvgIpc) is 3.27. The van der Waals surface area contributed by atoms with Gasteiger partial charge in [-0.05, 0) is 49.1 Å². The van der Waals surface area contributed by atoms with Crippen molar-refractivity contribution in [1.29, 1.82) is 0 Å². The molecule has 3 unspecified atom stereocenters. The van der Waals surface area contributed by atoms with E-state index in [1.54, 1.807) is 0 Å². The Morgan fingerprint density at radius 1 is 1.27 bits per heavy atom. The molecule has 3 rings (SSSR count). The highest BCUT2D eigenvalue weighted by molar-refractivity contribution is 6.12. The van der Waals surface area contributed by atoms with Gasteiger partial charge in [-0.3, -0.25) is 9.59 Å². The van der Waals surface area contributed by atoms with Crippen molar-refractivity contribution >= 4 is 11.8 Å². The van der Waals surface area contributed by atoms with E-state index in [2.05, 4.69) is 38.1 Å². The van der Waals surface area contributed by atoms with Crippen molar-refractivity contribution < 1.29 is 14.3 Å². The van der Waals surface area contributed by atoms with Crippen LogP contribution >= 0.6 is 0 Å². The van der Waals surface area contributed by atoms with Crippen LogP contribution in [-0.2, 0) is 19.7 Å². The van der Waals surface area contributed by atoms with Gasteiger partial charge in [-0.1, -0.05) is 38.1 Å². The first-order valence-electron chi connectivity index (χ1n) is 8.10. The topological polar surface area (TPSA) is 43.4 Å². The van der Waals surface area contributed by atoms with Gasteiger partial charge in [0.1, 0.15) is 5.41 Å². The number of hydrogen-bond acceptors (Lipinski definition) is 3. The number of benzene rings is 1. The molecule has 0 radical (unpaired) electrons. The zero-order valence-electron chi connectivity index (χ0n) is 13.8. The fourth-order valence-corrected chi connectivity index (χ4v) is 4.06. The van der Waals surface area contributed by atoms with E-state index >= 15 is 0 Å². The van der Waals surface area contributed by atoms with Crippen LogP contribution in [0.25, 0.3) is 0 Å². The predicted molar refractivity (Wildman–Crippen MR) is 84.7 cm³/mol. The first kappa shape index (κ1) is 15.3. The van der Waals surface area contributed by atoms with E-state index in [4.69, 9.17) is 4.74 Å². The third-order valence-electron chi connectivity index (χ3n) is 5.77. The lowest BCUT2D eigenvalue weighted by molar-refractivity contribution is -0.155. The van der Waals surface area contributed by atoms with Gasteiger partial charge >= 0.3 is 5.97 Å². The summed E-state index contributed by atoms with van der Waals surface area (Å²) >= 11 is 0. The minimum absolute atomic E-state index is 0.0559. The van der Waals surface area contributed by atoms with Crippen LogP contribution in [0.15, 0.2) is 24.3 Å². The summed E-state index contributed by atoms with van der Waals surface area (Å²) in [6, 6.07) is 8.31. The van der Waals surface area contributed by atoms with E-state index in [0.717, 1.165) is 18.4 Å². The number of fused-ring (bicyclic) bond motifs is 1. The van der Waals surface area contributed by atoms with Crippen LogP contribution in [0.2, 0.25) is 0 Å². The summed E-state index contributed by atoms with van der Waals surface area (Å²) in [4.78, 5) is 25.3. The van der Waals surface area contributed by atoms with Crippen molar-refractivity contribution in [3.63, 3.8) is 0 Å². The Hall–Kier alpha value is -1.64. The highest BCUT2D eigenvalue weighted by Gasteiger charge is 2.71. The van der Waals surface area contributed by atoms with Gasteiger partial charge in [0.05, 0.1) is 12.5 Å². The molecule has 3 heteroatoms. The van der Waals surface area contributed by atoms with Crippen LogP contribution in [0, 0.1) is 11.3 Å². The molecule has 22 heavy (non-hydrogen) atoms. The van der Waals surface area contributed by atoms with E-state index in [9.17, 15) is 9.59 Å². The molecule has 0 bridgehead atoms. The second-order valence-electron chi connectivity index (χ2n) is 7.34. The van der Waals surface area contributed by atoms with Gasteiger partial charge in [0, 0.05) is 0 Å². The van der Waals surface area contributed by atoms with Gasteiger partial charge in [0.15, 0.2) is 5.78 Å². The number of Topliss-reactive ketones (excluding diaryl/α,β-unsaturated/α-hetero) is 1. The molecule has 2 fully saturated rings. The molecule has 118 valence electrons. The molecule has 2 aliphatic carbocycles. The maximum atomic E-state index is 13.1. The molecule has 0 N–H and O–H groups in total. The Bertz CT molecular complexity index is 616. The average molecular weight is 300 g/mol. The van der Waals surface area contributed by atoms with E-state index in [0.29, 0.717) is 12.3 Å². The number of carbonyl (C=O) groups excluding carboxylic acids is 2. The summed E-state index contributed by atoms with van der Waals surface area (Å²) < 4.78 is 4.92. The Morgan fingerprint density at radius 2 is 1.91 bits per heavy atom. The summed E-state index contributed by atoms with van der Waals surface area (Å²) in [5.74, 6) is 0.376. The summed E-state index contributed by atoms with van der Waals surface area (Å²) in [6.07, 6.45) is 2.40. The van der Waals surface area contributed by atoms with Crippen LogP contribution < -0.4 is 0 Å². The maximum absolute atomic E-state index is 13.1. The number of methoxy groups -OCH3 is 1. The fourth-order valence-electron chi connectivity index (χ4n) is 4.06. The number of esters is 1. The Kier molecular flexibility index (Phi) is 3.42. The smallest absolute Gasteiger partial charge is 0.319 e. The molecule has 0 saturated heterocycles. The van der Waals surface area contributed by atoms with Crippen molar-refractivity contribution in [2.24, 2.45) is 11.3 Å². The predicted octanol–water partition coefficient (Wildman–Crippen LogP) is 3.61. The van der Waals surface area contributed by atoms with Gasteiger partial charge in [0.2, 0.25) is 0 Å². The zero-order valence-corrected chi connectivity index (χ0v) is 13.8. The monoisotopic (exact) mass is 300 g/mol. The molecule has 2 aliphatic rings. The van der Waals surface area contributed by atoms with Gasteiger partial charge in [-0.2, -0.15) is 0 Å². The molecule has 1 aromatic carbocycles.